The molecule has 0 aliphatic rings. The summed E-state index contributed by atoms with van der Waals surface area (Å²) in [7, 11) is 0. The predicted molar refractivity (Wildman–Crippen MR) is 106 cm³/mol. The van der Waals surface area contributed by atoms with Gasteiger partial charge in [0.2, 0.25) is 0 Å². The SMILES string of the molecule is CC.CCCCCc1ccc(F)c(F)c1CC.Cc1ccc(C)cc1. The number of unbranched alkanes of at least 4 members (excludes halogenated alkanes) is 2. The standard InChI is InChI=1S/C13H18F2.C8H10.C2H6/c1-3-5-6-7-10-8-9-12(14)13(15)11(10)4-2;1-7-3-5-8(2)6-4-7;1-2/h8-9H,3-7H2,1-2H3;3-6H,1-2H3;1-2H3. The smallest absolute Gasteiger partial charge is 0.162 e. The Morgan fingerprint density at radius 3 is 1.72 bits per heavy atom. The number of hydrogen-bond donors (Lipinski definition) is 0. The fourth-order valence-electron chi connectivity index (χ4n) is 2.45. The lowest BCUT2D eigenvalue weighted by Gasteiger charge is -2.09. The molecule has 0 saturated heterocycles. The first kappa shape index (κ1) is 23.3. The Morgan fingerprint density at radius 2 is 1.28 bits per heavy atom. The zero-order valence-corrected chi connectivity index (χ0v) is 16.8. The van der Waals surface area contributed by atoms with Crippen LogP contribution in [-0.2, 0) is 12.8 Å². The van der Waals surface area contributed by atoms with E-state index < -0.39 is 11.6 Å². The van der Waals surface area contributed by atoms with Gasteiger partial charge in [-0.1, -0.05) is 82.0 Å². The molecule has 0 heterocycles. The topological polar surface area (TPSA) is 0 Å². The molecule has 2 rings (SSSR count). The summed E-state index contributed by atoms with van der Waals surface area (Å²) in [6.07, 6.45) is 4.75. The molecule has 0 aliphatic heterocycles. The molecule has 140 valence electrons. The van der Waals surface area contributed by atoms with Gasteiger partial charge in [-0.15, -0.1) is 0 Å². The van der Waals surface area contributed by atoms with Crippen LogP contribution in [-0.4, -0.2) is 0 Å². The second-order valence-electron chi connectivity index (χ2n) is 5.96. The largest absolute Gasteiger partial charge is 0.204 e. The Balaban J connectivity index is 0.000000483. The first-order valence-corrected chi connectivity index (χ1v) is 9.48. The molecule has 0 amide bonds. The van der Waals surface area contributed by atoms with Crippen LogP contribution in [0.3, 0.4) is 0 Å². The summed E-state index contributed by atoms with van der Waals surface area (Å²) < 4.78 is 26.4. The summed E-state index contributed by atoms with van der Waals surface area (Å²) >= 11 is 0. The van der Waals surface area contributed by atoms with Gasteiger partial charge in [-0.3, -0.25) is 0 Å². The maximum Gasteiger partial charge on any atom is 0.162 e. The number of halogens is 2. The van der Waals surface area contributed by atoms with E-state index in [9.17, 15) is 8.78 Å². The Bertz CT molecular complexity index is 565. The van der Waals surface area contributed by atoms with Crippen LogP contribution in [0.5, 0.6) is 0 Å². The van der Waals surface area contributed by atoms with Crippen molar-refractivity contribution in [3.63, 3.8) is 0 Å². The molecule has 2 aromatic carbocycles. The Kier molecular flexibility index (Phi) is 12.7. The lowest BCUT2D eigenvalue weighted by Crippen LogP contribution is -2.00. The lowest BCUT2D eigenvalue weighted by molar-refractivity contribution is 0.497. The van der Waals surface area contributed by atoms with E-state index in [1.807, 2.05) is 20.8 Å². The van der Waals surface area contributed by atoms with Gasteiger partial charge in [-0.2, -0.15) is 0 Å². The summed E-state index contributed by atoms with van der Waals surface area (Å²) in [4.78, 5) is 0. The van der Waals surface area contributed by atoms with Crippen molar-refractivity contribution in [2.75, 3.05) is 0 Å². The average molecular weight is 349 g/mol. The molecule has 25 heavy (non-hydrogen) atoms. The third kappa shape index (κ3) is 8.81. The predicted octanol–water partition coefficient (Wildman–Crippen LogP) is 7.59. The quantitative estimate of drug-likeness (QED) is 0.488. The number of aryl methyl sites for hydroxylation is 3. The Labute approximate surface area is 153 Å². The van der Waals surface area contributed by atoms with Gasteiger partial charge >= 0.3 is 0 Å². The van der Waals surface area contributed by atoms with Gasteiger partial charge in [0.05, 0.1) is 0 Å². The van der Waals surface area contributed by atoms with Gasteiger partial charge in [-0.25, -0.2) is 8.78 Å². The minimum Gasteiger partial charge on any atom is -0.204 e. The molecular weight excluding hydrogens is 314 g/mol. The molecule has 0 spiro atoms. The van der Waals surface area contributed by atoms with Crippen molar-refractivity contribution in [2.45, 2.75) is 73.6 Å². The minimum absolute atomic E-state index is 0.547. The summed E-state index contributed by atoms with van der Waals surface area (Å²) in [6.45, 7) is 12.2. The molecule has 0 unspecified atom stereocenters. The normalized spacial score (nSPS) is 9.60. The minimum atomic E-state index is -0.730. The lowest BCUT2D eigenvalue weighted by atomic mass is 9.99. The van der Waals surface area contributed by atoms with Crippen LogP contribution >= 0.6 is 0 Å². The monoisotopic (exact) mass is 348 g/mol. The second-order valence-corrected chi connectivity index (χ2v) is 5.96. The highest BCUT2D eigenvalue weighted by Gasteiger charge is 2.11. The first-order valence-electron chi connectivity index (χ1n) is 9.48. The third-order valence-corrected chi connectivity index (χ3v) is 3.91. The highest BCUT2D eigenvalue weighted by Crippen LogP contribution is 2.19. The van der Waals surface area contributed by atoms with Crippen molar-refractivity contribution in [1.29, 1.82) is 0 Å². The molecule has 0 atom stereocenters. The Hall–Kier alpha value is -1.70. The number of rotatable bonds is 5. The van der Waals surface area contributed by atoms with E-state index in [0.29, 0.717) is 12.0 Å². The van der Waals surface area contributed by atoms with Crippen LogP contribution in [0.1, 0.15) is 69.2 Å². The highest BCUT2D eigenvalue weighted by molar-refractivity contribution is 5.29. The van der Waals surface area contributed by atoms with Crippen molar-refractivity contribution in [3.8, 4) is 0 Å². The molecule has 0 saturated carbocycles. The van der Waals surface area contributed by atoms with Crippen molar-refractivity contribution < 1.29 is 8.78 Å². The van der Waals surface area contributed by atoms with Gasteiger partial charge in [-0.05, 0) is 50.3 Å². The van der Waals surface area contributed by atoms with Crippen molar-refractivity contribution >= 4 is 0 Å². The van der Waals surface area contributed by atoms with Crippen LogP contribution in [0.25, 0.3) is 0 Å². The second kappa shape index (κ2) is 13.6. The van der Waals surface area contributed by atoms with Gasteiger partial charge < -0.3 is 0 Å². The van der Waals surface area contributed by atoms with E-state index in [2.05, 4.69) is 45.0 Å². The summed E-state index contributed by atoms with van der Waals surface area (Å²) in [6, 6.07) is 11.4. The molecule has 2 heteroatoms. The van der Waals surface area contributed by atoms with E-state index in [-0.39, 0.29) is 0 Å². The van der Waals surface area contributed by atoms with Crippen LogP contribution in [0.2, 0.25) is 0 Å². The molecule has 0 N–H and O–H groups in total. The Morgan fingerprint density at radius 1 is 0.760 bits per heavy atom. The summed E-state index contributed by atoms with van der Waals surface area (Å²) in [5.41, 5.74) is 4.17. The van der Waals surface area contributed by atoms with Crippen molar-refractivity contribution in [3.05, 3.63) is 70.3 Å². The first-order chi connectivity index (χ1) is 12.0. The van der Waals surface area contributed by atoms with Crippen molar-refractivity contribution in [2.24, 2.45) is 0 Å². The van der Waals surface area contributed by atoms with Gasteiger partial charge in [0.1, 0.15) is 0 Å². The van der Waals surface area contributed by atoms with Crippen LogP contribution in [0.15, 0.2) is 36.4 Å². The fraction of sp³-hybridized carbons (Fsp3) is 0.478. The molecule has 0 radical (unpaired) electrons. The summed E-state index contributed by atoms with van der Waals surface area (Å²) in [5, 5.41) is 0. The van der Waals surface area contributed by atoms with Crippen LogP contribution in [0, 0.1) is 25.5 Å². The van der Waals surface area contributed by atoms with Crippen LogP contribution < -0.4 is 0 Å². The molecular formula is C23H34F2. The van der Waals surface area contributed by atoms with Crippen LogP contribution in [0.4, 0.5) is 8.78 Å². The number of hydrogen-bond acceptors (Lipinski definition) is 0. The molecule has 0 nitrogen and oxygen atoms in total. The zero-order chi connectivity index (χ0) is 19.2. The average Bonchev–Trinajstić information content (AvgIpc) is 2.63. The van der Waals surface area contributed by atoms with E-state index in [1.54, 1.807) is 6.07 Å². The molecule has 0 bridgehead atoms. The maximum absolute atomic E-state index is 13.4. The summed E-state index contributed by atoms with van der Waals surface area (Å²) in [5.74, 6) is -1.39. The van der Waals surface area contributed by atoms with Gasteiger partial charge in [0, 0.05) is 0 Å². The molecule has 0 aromatic heterocycles. The van der Waals surface area contributed by atoms with E-state index in [0.717, 1.165) is 31.2 Å². The van der Waals surface area contributed by atoms with Gasteiger partial charge in [0.15, 0.2) is 11.6 Å². The maximum atomic E-state index is 13.4. The zero-order valence-electron chi connectivity index (χ0n) is 16.8. The molecule has 0 aliphatic carbocycles. The van der Waals surface area contributed by atoms with E-state index >= 15 is 0 Å². The van der Waals surface area contributed by atoms with Gasteiger partial charge in [0.25, 0.3) is 0 Å². The third-order valence-electron chi connectivity index (χ3n) is 3.91. The van der Waals surface area contributed by atoms with Crippen molar-refractivity contribution in [1.82, 2.24) is 0 Å². The number of benzene rings is 2. The van der Waals surface area contributed by atoms with E-state index in [1.165, 1.54) is 17.2 Å². The molecule has 0 fully saturated rings. The molecule has 2 aromatic rings. The van der Waals surface area contributed by atoms with E-state index in [4.69, 9.17) is 0 Å². The highest BCUT2D eigenvalue weighted by atomic mass is 19.2. The fourth-order valence-corrected chi connectivity index (χ4v) is 2.45.